The van der Waals surface area contributed by atoms with E-state index in [9.17, 15) is 14.7 Å². The van der Waals surface area contributed by atoms with Crippen molar-refractivity contribution in [2.45, 2.75) is 69.5 Å². The first-order chi connectivity index (χ1) is 17.9. The Morgan fingerprint density at radius 2 is 1.89 bits per heavy atom. The van der Waals surface area contributed by atoms with Crippen molar-refractivity contribution in [2.24, 2.45) is 10.7 Å². The summed E-state index contributed by atoms with van der Waals surface area (Å²) in [4.78, 5) is 32.8. The van der Waals surface area contributed by atoms with Gasteiger partial charge >= 0.3 is 0 Å². The summed E-state index contributed by atoms with van der Waals surface area (Å²) in [5, 5.41) is 14.0. The maximum Gasteiger partial charge on any atom is 0.251 e. The maximum atomic E-state index is 13.5. The second-order valence-electron chi connectivity index (χ2n) is 11.1. The molecule has 3 heterocycles. The van der Waals surface area contributed by atoms with Gasteiger partial charge in [-0.05, 0) is 52.0 Å². The maximum absolute atomic E-state index is 13.5. The van der Waals surface area contributed by atoms with Crippen LogP contribution in [0.2, 0.25) is 0 Å². The molecule has 0 saturated heterocycles. The highest BCUT2D eigenvalue weighted by atomic mass is 16.5. The number of aliphatic hydroxyl groups is 1. The van der Waals surface area contributed by atoms with Crippen LogP contribution in [0.3, 0.4) is 0 Å². The molecule has 10 nitrogen and oxygen atoms in total. The quantitative estimate of drug-likeness (QED) is 0.561. The van der Waals surface area contributed by atoms with E-state index in [0.29, 0.717) is 28.2 Å². The molecule has 10 heteroatoms. The van der Waals surface area contributed by atoms with Gasteiger partial charge in [0, 0.05) is 23.8 Å². The number of amides is 2. The summed E-state index contributed by atoms with van der Waals surface area (Å²) in [7, 11) is 1.54. The normalized spacial score (nSPS) is 27.3. The average Bonchev–Trinajstić information content (AvgIpc) is 2.85. The molecule has 38 heavy (non-hydrogen) atoms. The number of carbonyl (C=O) groups excluding carboxylic acids is 2. The van der Waals surface area contributed by atoms with E-state index >= 15 is 0 Å². The molecule has 2 unspecified atom stereocenters. The molecular weight excluding hydrogens is 488 g/mol. The molecule has 3 aliphatic heterocycles. The van der Waals surface area contributed by atoms with E-state index in [2.05, 4.69) is 10.3 Å². The van der Waals surface area contributed by atoms with Gasteiger partial charge in [-0.1, -0.05) is 18.2 Å². The summed E-state index contributed by atoms with van der Waals surface area (Å²) in [5.41, 5.74) is 6.40. The number of nitrogens with zero attached hydrogens (tertiary/aromatic N) is 2. The number of carbonyl (C=O) groups is 2. The summed E-state index contributed by atoms with van der Waals surface area (Å²) < 4.78 is 17.6. The molecule has 3 aliphatic rings. The largest absolute Gasteiger partial charge is 0.490 e. The number of aliphatic imine (C=N–C) groups is 1. The van der Waals surface area contributed by atoms with Gasteiger partial charge in [-0.2, -0.15) is 0 Å². The van der Waals surface area contributed by atoms with E-state index in [1.165, 1.54) is 4.90 Å². The molecule has 0 fully saturated rings. The van der Waals surface area contributed by atoms with E-state index in [0.717, 1.165) is 0 Å². The third-order valence-corrected chi connectivity index (χ3v) is 7.39. The zero-order valence-electron chi connectivity index (χ0n) is 22.2. The summed E-state index contributed by atoms with van der Waals surface area (Å²) in [6, 6.07) is 11.0. The number of benzene rings is 2. The lowest BCUT2D eigenvalue weighted by Crippen LogP contribution is -2.55. The molecule has 2 aromatic rings. The highest BCUT2D eigenvalue weighted by Gasteiger charge is 2.45. The lowest BCUT2D eigenvalue weighted by atomic mass is 9.86. The fraction of sp³-hybridized carbons (Fsp3) is 0.464. The number of ether oxygens (including phenoxy) is 3. The molecule has 4 atom stereocenters. The van der Waals surface area contributed by atoms with Crippen molar-refractivity contribution >= 4 is 17.8 Å². The summed E-state index contributed by atoms with van der Waals surface area (Å²) in [5.74, 6) is 0.668. The first-order valence-electron chi connectivity index (χ1n) is 12.7. The Labute approximate surface area is 221 Å². The van der Waals surface area contributed by atoms with Crippen LogP contribution >= 0.6 is 0 Å². The molecule has 5 rings (SSSR count). The molecule has 0 bridgehead atoms. The third kappa shape index (κ3) is 4.48. The third-order valence-electron chi connectivity index (χ3n) is 7.39. The Balaban J connectivity index is 1.50. The van der Waals surface area contributed by atoms with Crippen molar-refractivity contribution in [3.05, 3.63) is 59.2 Å². The molecule has 4 N–H and O–H groups in total. The number of hydrogen-bond acceptors (Lipinski definition) is 8. The highest BCUT2D eigenvalue weighted by molar-refractivity contribution is 6.00. The predicted octanol–water partition coefficient (Wildman–Crippen LogP) is 2.46. The fourth-order valence-corrected chi connectivity index (χ4v) is 5.43. The second kappa shape index (κ2) is 9.28. The van der Waals surface area contributed by atoms with Crippen LogP contribution in [0.25, 0.3) is 0 Å². The number of nitrogens with one attached hydrogen (secondary N) is 1. The standard InChI is InChI=1S/C28H34N4O6/c1-27(2)13-21(33)32(26(29)31-27)23-17-12-15(10-11-18(17)37-14-20(23)36-5)25(35)30-22-16-8-6-7-9-19(16)38-28(3,4)24(22)34/h6-12,20,22-24,34H,13-14H2,1-5H3,(H2,29,31)(H,30,35)/t20?,22-,23?,24+/m1/s1. The number of methoxy groups -OCH3 is 1. The second-order valence-corrected chi connectivity index (χ2v) is 11.1. The minimum absolute atomic E-state index is 0.102. The van der Waals surface area contributed by atoms with Crippen molar-refractivity contribution in [1.29, 1.82) is 0 Å². The number of guanidine groups is 1. The van der Waals surface area contributed by atoms with Crippen LogP contribution in [0.15, 0.2) is 47.5 Å². The zero-order chi connectivity index (χ0) is 27.4. The van der Waals surface area contributed by atoms with Crippen molar-refractivity contribution in [3.8, 4) is 11.5 Å². The number of nitrogens with two attached hydrogens (primary N) is 1. The minimum Gasteiger partial charge on any atom is -0.490 e. The van der Waals surface area contributed by atoms with Gasteiger partial charge in [0.15, 0.2) is 5.96 Å². The number of rotatable bonds is 4. The monoisotopic (exact) mass is 522 g/mol. The Morgan fingerprint density at radius 3 is 2.61 bits per heavy atom. The van der Waals surface area contributed by atoms with Gasteiger partial charge in [0.25, 0.3) is 5.91 Å². The van der Waals surface area contributed by atoms with Crippen molar-refractivity contribution in [3.63, 3.8) is 0 Å². The summed E-state index contributed by atoms with van der Waals surface area (Å²) in [6.45, 7) is 7.48. The number of hydrogen-bond donors (Lipinski definition) is 3. The Bertz CT molecular complexity index is 1310. The molecule has 0 saturated carbocycles. The minimum atomic E-state index is -0.988. The van der Waals surface area contributed by atoms with E-state index in [-0.39, 0.29) is 24.9 Å². The predicted molar refractivity (Wildman–Crippen MR) is 140 cm³/mol. The van der Waals surface area contributed by atoms with E-state index < -0.39 is 41.3 Å². The SMILES string of the molecule is COC1COc2ccc(C(=O)N[C@@H]3c4ccccc4OC(C)(C)[C@H]3O)cc2C1N1C(=O)CC(C)(C)N=C1N. The van der Waals surface area contributed by atoms with Crippen LogP contribution in [-0.2, 0) is 9.53 Å². The van der Waals surface area contributed by atoms with Crippen LogP contribution in [0.1, 0.15) is 67.7 Å². The van der Waals surface area contributed by atoms with Gasteiger partial charge in [0.2, 0.25) is 5.91 Å². The van der Waals surface area contributed by atoms with Gasteiger partial charge < -0.3 is 30.4 Å². The average molecular weight is 523 g/mol. The van der Waals surface area contributed by atoms with E-state index in [1.807, 2.05) is 38.1 Å². The molecule has 202 valence electrons. The van der Waals surface area contributed by atoms with Crippen LogP contribution < -0.4 is 20.5 Å². The van der Waals surface area contributed by atoms with Gasteiger partial charge in [-0.15, -0.1) is 0 Å². The summed E-state index contributed by atoms with van der Waals surface area (Å²) >= 11 is 0. The fourth-order valence-electron chi connectivity index (χ4n) is 5.43. The van der Waals surface area contributed by atoms with Gasteiger partial charge in [0.1, 0.15) is 35.9 Å². The van der Waals surface area contributed by atoms with E-state index in [1.54, 1.807) is 39.2 Å². The zero-order valence-corrected chi connectivity index (χ0v) is 22.2. The van der Waals surface area contributed by atoms with Crippen molar-refractivity contribution in [1.82, 2.24) is 10.2 Å². The first-order valence-corrected chi connectivity index (χ1v) is 12.7. The Hall–Kier alpha value is -3.63. The highest BCUT2D eigenvalue weighted by Crippen LogP contribution is 2.42. The van der Waals surface area contributed by atoms with Crippen LogP contribution in [0.4, 0.5) is 0 Å². The number of para-hydroxylation sites is 1. The van der Waals surface area contributed by atoms with Gasteiger partial charge in [-0.25, -0.2) is 4.99 Å². The Kier molecular flexibility index (Phi) is 6.35. The topological polar surface area (TPSA) is 136 Å². The Morgan fingerprint density at radius 1 is 1.16 bits per heavy atom. The molecule has 0 aromatic heterocycles. The molecule has 0 radical (unpaired) electrons. The number of fused-ring (bicyclic) bond motifs is 2. The van der Waals surface area contributed by atoms with Crippen LogP contribution in [0.5, 0.6) is 11.5 Å². The van der Waals surface area contributed by atoms with Crippen LogP contribution in [-0.4, -0.2) is 64.8 Å². The van der Waals surface area contributed by atoms with Crippen molar-refractivity contribution in [2.75, 3.05) is 13.7 Å². The molecule has 2 amide bonds. The lowest BCUT2D eigenvalue weighted by molar-refractivity contribution is -0.134. The smallest absolute Gasteiger partial charge is 0.251 e. The lowest BCUT2D eigenvalue weighted by Gasteiger charge is -2.43. The molecule has 0 aliphatic carbocycles. The van der Waals surface area contributed by atoms with Gasteiger partial charge in [-0.3, -0.25) is 14.5 Å². The first kappa shape index (κ1) is 26.0. The summed E-state index contributed by atoms with van der Waals surface area (Å²) in [6.07, 6.45) is -1.32. The van der Waals surface area contributed by atoms with E-state index in [4.69, 9.17) is 19.9 Å². The number of aliphatic hydroxyl groups excluding tert-OH is 1. The van der Waals surface area contributed by atoms with Crippen molar-refractivity contribution < 1.29 is 28.9 Å². The molecule has 0 spiro atoms. The van der Waals surface area contributed by atoms with Gasteiger partial charge in [0.05, 0.1) is 24.0 Å². The molecule has 2 aromatic carbocycles. The van der Waals surface area contributed by atoms with Crippen LogP contribution in [0, 0.1) is 0 Å². The molecular formula is C28H34N4O6.